The van der Waals surface area contributed by atoms with Crippen LogP contribution in [0.2, 0.25) is 0 Å². The van der Waals surface area contributed by atoms with Gasteiger partial charge in [0, 0.05) is 12.5 Å². The molecule has 0 spiro atoms. The number of rotatable bonds is 34. The van der Waals surface area contributed by atoms with Crippen molar-refractivity contribution >= 4 is 22.1 Å². The fourth-order valence-corrected chi connectivity index (χ4v) is 6.74. The minimum absolute atomic E-state index is 0.0890. The van der Waals surface area contributed by atoms with Crippen LogP contribution in [0.5, 0.6) is 0 Å². The minimum atomic E-state index is -4.62. The maximum absolute atomic E-state index is 12.8. The Morgan fingerprint density at radius 2 is 1.21 bits per heavy atom. The molecule has 0 radical (unpaired) electrons. The third kappa shape index (κ3) is 29.3. The average Bonchev–Trinajstić information content (AvgIpc) is 3.18. The van der Waals surface area contributed by atoms with E-state index in [0.717, 1.165) is 51.4 Å². The molecule has 0 bridgehead atoms. The van der Waals surface area contributed by atoms with Crippen LogP contribution in [0.3, 0.4) is 0 Å². The normalized spacial score (nSPS) is 21.1. The van der Waals surface area contributed by atoms with E-state index in [1.54, 1.807) is 12.2 Å². The summed E-state index contributed by atoms with van der Waals surface area (Å²) in [6, 6.07) is 0. The smallest absolute Gasteiger partial charge is 0.330 e. The lowest BCUT2D eigenvalue weighted by Gasteiger charge is -2.40. The van der Waals surface area contributed by atoms with Crippen LogP contribution in [0.4, 0.5) is 0 Å². The van der Waals surface area contributed by atoms with E-state index in [-0.39, 0.29) is 6.42 Å². The van der Waals surface area contributed by atoms with Crippen LogP contribution in [-0.2, 0) is 38.7 Å². The SMILES string of the molecule is CC/C=C/C/C=C/C/C=C/C/C=C/CCCCC(=O)O[C@H](COC(=O)/C=C/C=C/CCCCCCCCCCCCC)CO[C@H]1O[C@H](CS(=O)(=O)O)[C@@H](O)C(O)C1O. The Labute approximate surface area is 348 Å². The molecule has 0 aromatic heterocycles. The van der Waals surface area contributed by atoms with Crippen LogP contribution in [0, 0.1) is 0 Å². The van der Waals surface area contributed by atoms with E-state index in [9.17, 15) is 37.9 Å². The Bertz CT molecular complexity index is 1350. The number of carbonyl (C=O) groups excluding carboxylic acids is 2. The summed E-state index contributed by atoms with van der Waals surface area (Å²) in [5.41, 5.74) is 0. The monoisotopic (exact) mass is 838 g/mol. The molecule has 1 aliphatic heterocycles. The second-order valence-electron chi connectivity index (χ2n) is 14.7. The number of aliphatic hydroxyl groups excluding tert-OH is 3. The highest BCUT2D eigenvalue weighted by atomic mass is 32.2. The molecule has 1 fully saturated rings. The van der Waals surface area contributed by atoms with Crippen molar-refractivity contribution in [1.29, 1.82) is 0 Å². The molecule has 1 saturated heterocycles. The van der Waals surface area contributed by atoms with Crippen molar-refractivity contribution in [3.63, 3.8) is 0 Å². The van der Waals surface area contributed by atoms with Crippen molar-refractivity contribution in [2.24, 2.45) is 0 Å². The van der Waals surface area contributed by atoms with E-state index in [1.807, 2.05) is 6.08 Å². The zero-order valence-corrected chi connectivity index (χ0v) is 35.9. The molecule has 0 aromatic rings. The first-order valence-electron chi connectivity index (χ1n) is 21.5. The molecule has 1 rings (SSSR count). The van der Waals surface area contributed by atoms with E-state index < -0.39 is 77.8 Å². The van der Waals surface area contributed by atoms with Gasteiger partial charge in [0.05, 0.1) is 6.61 Å². The van der Waals surface area contributed by atoms with Gasteiger partial charge in [-0.15, -0.1) is 0 Å². The summed E-state index contributed by atoms with van der Waals surface area (Å²) in [5, 5.41) is 30.8. The van der Waals surface area contributed by atoms with Gasteiger partial charge in [0.15, 0.2) is 12.4 Å². The maximum Gasteiger partial charge on any atom is 0.330 e. The van der Waals surface area contributed by atoms with Crippen molar-refractivity contribution in [2.75, 3.05) is 19.0 Å². The van der Waals surface area contributed by atoms with Gasteiger partial charge in [-0.25, -0.2) is 4.79 Å². The second kappa shape index (κ2) is 34.9. The quantitative estimate of drug-likeness (QED) is 0.0121. The lowest BCUT2D eigenvalue weighted by molar-refractivity contribution is -0.297. The molecule has 6 atom stereocenters. The molecule has 4 N–H and O–H groups in total. The summed E-state index contributed by atoms with van der Waals surface area (Å²) in [5.74, 6) is -2.31. The summed E-state index contributed by atoms with van der Waals surface area (Å²) < 4.78 is 53.7. The molecule has 332 valence electrons. The third-order valence-corrected chi connectivity index (χ3v) is 10.1. The molecule has 58 heavy (non-hydrogen) atoms. The lowest BCUT2D eigenvalue weighted by Crippen LogP contribution is -2.60. The van der Waals surface area contributed by atoms with E-state index in [2.05, 4.69) is 62.5 Å². The predicted octanol–water partition coefficient (Wildman–Crippen LogP) is 8.33. The average molecular weight is 839 g/mol. The highest BCUT2D eigenvalue weighted by Crippen LogP contribution is 2.24. The molecule has 1 aliphatic rings. The summed E-state index contributed by atoms with van der Waals surface area (Å²) in [7, 11) is -4.62. The molecular weight excluding hydrogens is 765 g/mol. The number of aliphatic hydroxyl groups is 3. The van der Waals surface area contributed by atoms with Gasteiger partial charge in [-0.2, -0.15) is 8.42 Å². The van der Waals surface area contributed by atoms with E-state index in [0.29, 0.717) is 6.42 Å². The maximum atomic E-state index is 12.8. The van der Waals surface area contributed by atoms with Gasteiger partial charge in [-0.1, -0.05) is 145 Å². The van der Waals surface area contributed by atoms with E-state index in [4.69, 9.17) is 18.9 Å². The molecule has 2 unspecified atom stereocenters. The Morgan fingerprint density at radius 3 is 1.81 bits per heavy atom. The van der Waals surface area contributed by atoms with Gasteiger partial charge in [-0.05, 0) is 57.8 Å². The highest BCUT2D eigenvalue weighted by molar-refractivity contribution is 7.85. The Morgan fingerprint density at radius 1 is 0.655 bits per heavy atom. The summed E-state index contributed by atoms with van der Waals surface area (Å²) >= 11 is 0. The zero-order valence-electron chi connectivity index (χ0n) is 35.1. The van der Waals surface area contributed by atoms with Crippen molar-refractivity contribution in [1.82, 2.24) is 0 Å². The van der Waals surface area contributed by atoms with Gasteiger partial charge in [0.25, 0.3) is 10.1 Å². The number of carbonyl (C=O) groups is 2. The van der Waals surface area contributed by atoms with Gasteiger partial charge in [-0.3, -0.25) is 9.35 Å². The zero-order chi connectivity index (χ0) is 42.7. The van der Waals surface area contributed by atoms with Crippen molar-refractivity contribution in [3.8, 4) is 0 Å². The molecule has 0 aliphatic carbocycles. The molecule has 0 saturated carbocycles. The molecule has 0 amide bonds. The van der Waals surface area contributed by atoms with Gasteiger partial charge < -0.3 is 34.3 Å². The summed E-state index contributed by atoms with van der Waals surface area (Å²) in [4.78, 5) is 25.2. The number of hydrogen-bond donors (Lipinski definition) is 4. The third-order valence-electron chi connectivity index (χ3n) is 9.37. The van der Waals surface area contributed by atoms with Crippen LogP contribution in [-0.4, -0.2) is 96.0 Å². The van der Waals surface area contributed by atoms with Crippen molar-refractivity contribution in [2.45, 2.75) is 179 Å². The first kappa shape index (κ1) is 53.1. The van der Waals surface area contributed by atoms with Crippen molar-refractivity contribution in [3.05, 3.63) is 72.9 Å². The Hall–Kier alpha value is -2.91. The topological polar surface area (TPSA) is 186 Å². The fourth-order valence-electron chi connectivity index (χ4n) is 6.05. The predicted molar refractivity (Wildman–Crippen MR) is 228 cm³/mol. The molecule has 13 heteroatoms. The minimum Gasteiger partial charge on any atom is -0.458 e. The van der Waals surface area contributed by atoms with Gasteiger partial charge in [0.2, 0.25) is 0 Å². The highest BCUT2D eigenvalue weighted by Gasteiger charge is 2.46. The van der Waals surface area contributed by atoms with Crippen molar-refractivity contribution < 1.29 is 56.8 Å². The van der Waals surface area contributed by atoms with Gasteiger partial charge >= 0.3 is 11.9 Å². The number of unbranched alkanes of at least 4 members (excludes halogenated alkanes) is 13. The van der Waals surface area contributed by atoms with E-state index >= 15 is 0 Å². The van der Waals surface area contributed by atoms with Gasteiger partial charge in [0.1, 0.15) is 36.8 Å². The molecule has 12 nitrogen and oxygen atoms in total. The number of esters is 2. The van der Waals surface area contributed by atoms with Crippen LogP contribution in [0.25, 0.3) is 0 Å². The molecule has 1 heterocycles. The van der Waals surface area contributed by atoms with Crippen LogP contribution >= 0.6 is 0 Å². The van der Waals surface area contributed by atoms with Crippen LogP contribution in [0.1, 0.15) is 142 Å². The number of ether oxygens (including phenoxy) is 4. The Kier molecular flexibility index (Phi) is 32.0. The second-order valence-corrected chi connectivity index (χ2v) is 16.2. The standard InChI is InChI=1S/C45H74O12S/c1-3-5-7-9-11-13-15-17-19-21-23-25-27-29-31-33-40(46)54-35-38(36-55-45-44(50)43(49)42(48)39(57-45)37-58(51,52)53)56-41(47)34-32-30-28-26-24-22-20-18-16-14-12-10-8-6-4-2/h6,8,12,14,18,20,24,26-27,29,31,33,38-39,42-45,48-50H,3-5,7,9-11,13,15-17,19,21-23,25,28,30,32,34-37H2,1-2H3,(H,51,52,53)/b8-6+,14-12+,20-18+,26-24+,29-27+,33-31+/t38-,39-,42-,43?,44?,45+/m1/s1. The Balaban J connectivity index is 2.57. The lowest BCUT2D eigenvalue weighted by atomic mass is 10.00. The molecular formula is C45H74O12S. The first-order chi connectivity index (χ1) is 28.0. The number of allylic oxidation sites excluding steroid dienone is 11. The van der Waals surface area contributed by atoms with Crippen LogP contribution in [0.15, 0.2) is 72.9 Å². The number of hydrogen-bond acceptors (Lipinski definition) is 11. The van der Waals surface area contributed by atoms with E-state index in [1.165, 1.54) is 70.3 Å². The first-order valence-corrected chi connectivity index (χ1v) is 23.1. The van der Waals surface area contributed by atoms with Crippen LogP contribution < -0.4 is 0 Å². The summed E-state index contributed by atoms with van der Waals surface area (Å²) in [6.07, 6.45) is 34.4. The largest absolute Gasteiger partial charge is 0.458 e. The molecule has 0 aromatic carbocycles. The fraction of sp³-hybridized carbons (Fsp3) is 0.689. The summed E-state index contributed by atoms with van der Waals surface area (Å²) in [6.45, 7) is 3.48.